The van der Waals surface area contributed by atoms with E-state index in [1.165, 1.54) is 0 Å². The quantitative estimate of drug-likeness (QED) is 0.586. The lowest BCUT2D eigenvalue weighted by Crippen LogP contribution is -2.34. The van der Waals surface area contributed by atoms with Gasteiger partial charge in [-0.15, -0.1) is 0 Å². The molecule has 1 aromatic heterocycles. The van der Waals surface area contributed by atoms with Crippen LogP contribution in [0.3, 0.4) is 0 Å². The Hall–Kier alpha value is -1.63. The van der Waals surface area contributed by atoms with E-state index in [0.29, 0.717) is 31.2 Å². The van der Waals surface area contributed by atoms with Crippen LogP contribution in [0, 0.1) is 17.0 Å². The van der Waals surface area contributed by atoms with E-state index in [1.54, 1.807) is 11.6 Å². The Morgan fingerprint density at radius 3 is 2.60 bits per heavy atom. The Kier molecular flexibility index (Phi) is 5.50. The van der Waals surface area contributed by atoms with Gasteiger partial charge in [-0.3, -0.25) is 10.1 Å². The maximum atomic E-state index is 11.2. The molecule has 20 heavy (non-hydrogen) atoms. The summed E-state index contributed by atoms with van der Waals surface area (Å²) in [6.07, 6.45) is 0.863. The Morgan fingerprint density at radius 1 is 1.45 bits per heavy atom. The lowest BCUT2D eigenvalue weighted by atomic mass is 10.1. The van der Waals surface area contributed by atoms with E-state index in [4.69, 9.17) is 4.74 Å². The Labute approximate surface area is 119 Å². The van der Waals surface area contributed by atoms with Gasteiger partial charge in [0.15, 0.2) is 0 Å². The van der Waals surface area contributed by atoms with Crippen molar-refractivity contribution >= 4 is 11.5 Å². The molecule has 0 saturated heterocycles. The van der Waals surface area contributed by atoms with Crippen molar-refractivity contribution in [3.05, 3.63) is 15.8 Å². The second-order valence-corrected chi connectivity index (χ2v) is 5.31. The molecule has 0 bridgehead atoms. The summed E-state index contributed by atoms with van der Waals surface area (Å²) in [5.41, 5.74) is 0.0867. The summed E-state index contributed by atoms with van der Waals surface area (Å²) in [6, 6.07) is 0. The normalized spacial score (nSPS) is 11.7. The third kappa shape index (κ3) is 3.93. The molecule has 7 heteroatoms. The van der Waals surface area contributed by atoms with E-state index >= 15 is 0 Å². The summed E-state index contributed by atoms with van der Waals surface area (Å²) in [5, 5.41) is 18.6. The molecule has 0 aromatic carbocycles. The molecule has 7 nitrogen and oxygen atoms in total. The third-order valence-corrected chi connectivity index (χ3v) is 2.93. The number of nitro groups is 1. The van der Waals surface area contributed by atoms with Gasteiger partial charge in [-0.2, -0.15) is 5.10 Å². The standard InChI is InChI=1S/C13H24N4O3/c1-6-8-16-12(11(17(18)19)10(3)15-16)14-9-13(4,5)20-7-2/h14H,6-9H2,1-5H3. The molecule has 0 aliphatic rings. The van der Waals surface area contributed by atoms with Gasteiger partial charge in [0.25, 0.3) is 0 Å². The lowest BCUT2D eigenvalue weighted by molar-refractivity contribution is -0.384. The predicted molar refractivity (Wildman–Crippen MR) is 78.1 cm³/mol. The van der Waals surface area contributed by atoms with E-state index in [9.17, 15) is 10.1 Å². The van der Waals surface area contributed by atoms with Crippen LogP contribution in [0.15, 0.2) is 0 Å². The minimum atomic E-state index is -0.391. The average Bonchev–Trinajstić information content (AvgIpc) is 2.63. The number of rotatable bonds is 8. The Morgan fingerprint density at radius 2 is 2.10 bits per heavy atom. The monoisotopic (exact) mass is 284 g/mol. The van der Waals surface area contributed by atoms with E-state index in [0.717, 1.165) is 6.42 Å². The van der Waals surface area contributed by atoms with Crippen molar-refractivity contribution in [1.82, 2.24) is 9.78 Å². The molecule has 0 radical (unpaired) electrons. The molecule has 0 amide bonds. The molecule has 0 atom stereocenters. The molecular weight excluding hydrogens is 260 g/mol. The Bertz CT molecular complexity index is 468. The maximum Gasteiger partial charge on any atom is 0.333 e. The molecular formula is C13H24N4O3. The van der Waals surface area contributed by atoms with Crippen LogP contribution in [0.5, 0.6) is 0 Å². The third-order valence-electron chi connectivity index (χ3n) is 2.93. The van der Waals surface area contributed by atoms with E-state index in [-0.39, 0.29) is 10.6 Å². The zero-order valence-corrected chi connectivity index (χ0v) is 12.9. The van der Waals surface area contributed by atoms with Crippen molar-refractivity contribution < 1.29 is 9.66 Å². The average molecular weight is 284 g/mol. The van der Waals surface area contributed by atoms with E-state index in [1.807, 2.05) is 27.7 Å². The molecule has 0 aliphatic heterocycles. The highest BCUT2D eigenvalue weighted by Crippen LogP contribution is 2.29. The van der Waals surface area contributed by atoms with Gasteiger partial charge in [-0.1, -0.05) is 6.92 Å². The molecule has 1 heterocycles. The van der Waals surface area contributed by atoms with Crippen LogP contribution >= 0.6 is 0 Å². The second-order valence-electron chi connectivity index (χ2n) is 5.31. The van der Waals surface area contributed by atoms with Crippen LogP contribution < -0.4 is 5.32 Å². The van der Waals surface area contributed by atoms with Crippen molar-refractivity contribution in [2.75, 3.05) is 18.5 Å². The fraction of sp³-hybridized carbons (Fsp3) is 0.769. The largest absolute Gasteiger partial charge is 0.374 e. The molecule has 0 fully saturated rings. The van der Waals surface area contributed by atoms with Crippen molar-refractivity contribution in [2.24, 2.45) is 0 Å². The van der Waals surface area contributed by atoms with E-state index < -0.39 is 5.60 Å². The predicted octanol–water partition coefficient (Wildman–Crippen LogP) is 2.74. The van der Waals surface area contributed by atoms with Gasteiger partial charge in [-0.05, 0) is 34.1 Å². The number of aryl methyl sites for hydroxylation is 2. The van der Waals surface area contributed by atoms with E-state index in [2.05, 4.69) is 10.4 Å². The number of nitrogens with zero attached hydrogens (tertiary/aromatic N) is 3. The van der Waals surface area contributed by atoms with Crippen LogP contribution in [0.4, 0.5) is 11.5 Å². The first-order valence-corrected chi connectivity index (χ1v) is 6.92. The van der Waals surface area contributed by atoms with Crippen molar-refractivity contribution in [1.29, 1.82) is 0 Å². The minimum Gasteiger partial charge on any atom is -0.374 e. The fourth-order valence-electron chi connectivity index (χ4n) is 2.08. The number of ether oxygens (including phenoxy) is 1. The fourth-order valence-corrected chi connectivity index (χ4v) is 2.08. The number of nitrogens with one attached hydrogen (secondary N) is 1. The van der Waals surface area contributed by atoms with Crippen LogP contribution in [0.25, 0.3) is 0 Å². The van der Waals surface area contributed by atoms with Crippen molar-refractivity contribution in [3.8, 4) is 0 Å². The maximum absolute atomic E-state index is 11.2. The molecule has 1 N–H and O–H groups in total. The van der Waals surface area contributed by atoms with Gasteiger partial charge >= 0.3 is 5.69 Å². The summed E-state index contributed by atoms with van der Waals surface area (Å²) < 4.78 is 7.26. The number of anilines is 1. The molecule has 0 spiro atoms. The molecule has 0 aliphatic carbocycles. The molecule has 1 aromatic rings. The van der Waals surface area contributed by atoms with Gasteiger partial charge in [0.1, 0.15) is 5.69 Å². The number of hydrogen-bond donors (Lipinski definition) is 1. The van der Waals surface area contributed by atoms with Crippen LogP contribution in [-0.2, 0) is 11.3 Å². The van der Waals surface area contributed by atoms with Crippen LogP contribution in [-0.4, -0.2) is 33.5 Å². The zero-order valence-electron chi connectivity index (χ0n) is 12.9. The van der Waals surface area contributed by atoms with Gasteiger partial charge in [0.2, 0.25) is 5.82 Å². The van der Waals surface area contributed by atoms with Crippen molar-refractivity contribution in [3.63, 3.8) is 0 Å². The first-order chi connectivity index (χ1) is 9.32. The topological polar surface area (TPSA) is 82.2 Å². The highest BCUT2D eigenvalue weighted by Gasteiger charge is 2.27. The zero-order chi connectivity index (χ0) is 15.3. The summed E-state index contributed by atoms with van der Waals surface area (Å²) >= 11 is 0. The molecule has 0 unspecified atom stereocenters. The van der Waals surface area contributed by atoms with Crippen molar-refractivity contribution in [2.45, 2.75) is 53.2 Å². The Balaban J connectivity index is 2.99. The molecule has 0 saturated carbocycles. The van der Waals surface area contributed by atoms with Gasteiger partial charge < -0.3 is 10.1 Å². The van der Waals surface area contributed by atoms with Crippen LogP contribution in [0.2, 0.25) is 0 Å². The first-order valence-electron chi connectivity index (χ1n) is 6.92. The summed E-state index contributed by atoms with van der Waals surface area (Å²) in [7, 11) is 0. The SMILES string of the molecule is CCCn1nc(C)c([N+](=O)[O-])c1NCC(C)(C)OCC. The lowest BCUT2D eigenvalue weighted by Gasteiger charge is -2.25. The highest BCUT2D eigenvalue weighted by molar-refractivity contribution is 5.59. The number of hydrogen-bond acceptors (Lipinski definition) is 5. The minimum absolute atomic E-state index is 0.0470. The molecule has 114 valence electrons. The van der Waals surface area contributed by atoms with Gasteiger partial charge in [-0.25, -0.2) is 4.68 Å². The summed E-state index contributed by atoms with van der Waals surface area (Å²) in [6.45, 7) is 11.2. The molecule has 1 rings (SSSR count). The van der Waals surface area contributed by atoms with Gasteiger partial charge in [0, 0.05) is 19.7 Å². The first kappa shape index (κ1) is 16.4. The second kappa shape index (κ2) is 6.69. The number of aromatic nitrogens is 2. The smallest absolute Gasteiger partial charge is 0.333 e. The van der Waals surface area contributed by atoms with Gasteiger partial charge in [0.05, 0.1) is 10.5 Å². The van der Waals surface area contributed by atoms with Crippen LogP contribution in [0.1, 0.15) is 39.8 Å². The highest BCUT2D eigenvalue weighted by atomic mass is 16.6. The summed E-state index contributed by atoms with van der Waals surface area (Å²) in [4.78, 5) is 10.8. The summed E-state index contributed by atoms with van der Waals surface area (Å²) in [5.74, 6) is 0.460.